The van der Waals surface area contributed by atoms with Crippen LogP contribution in [0.5, 0.6) is 0 Å². The molecule has 1 aliphatic heterocycles. The van der Waals surface area contributed by atoms with Gasteiger partial charge in [0.1, 0.15) is 6.10 Å². The molecule has 12 heteroatoms. The molecule has 0 saturated carbocycles. The molecule has 1 fully saturated rings. The molecule has 1 aromatic rings. The highest BCUT2D eigenvalue weighted by atomic mass is 35.5. The van der Waals surface area contributed by atoms with E-state index in [-0.39, 0.29) is 29.5 Å². The zero-order chi connectivity index (χ0) is 25.6. The third-order valence-corrected chi connectivity index (χ3v) is 5.24. The molecular weight excluding hydrogens is 484 g/mol. The highest BCUT2D eigenvalue weighted by molar-refractivity contribution is 6.50. The second-order valence-electron chi connectivity index (χ2n) is 9.54. The molecule has 1 aromatic carbocycles. The monoisotopic (exact) mass is 513 g/mol. The predicted molar refractivity (Wildman–Crippen MR) is 129 cm³/mol. The molecule has 0 aliphatic carbocycles. The van der Waals surface area contributed by atoms with Crippen LogP contribution in [0, 0.1) is 5.92 Å². The average molecular weight is 514 g/mol. The van der Waals surface area contributed by atoms with Gasteiger partial charge in [0.2, 0.25) is 11.8 Å². The first-order chi connectivity index (χ1) is 15.7. The van der Waals surface area contributed by atoms with Gasteiger partial charge in [-0.2, -0.15) is 0 Å². The number of benzene rings is 1. The highest BCUT2D eigenvalue weighted by Gasteiger charge is 2.44. The third kappa shape index (κ3) is 8.81. The maximum atomic E-state index is 12.6. The lowest BCUT2D eigenvalue weighted by Gasteiger charge is -2.33. The molecule has 0 aromatic heterocycles. The Morgan fingerprint density at radius 1 is 1.21 bits per heavy atom. The van der Waals surface area contributed by atoms with E-state index in [0.717, 1.165) is 0 Å². The smallest absolute Gasteiger partial charge is 0.508 e. The number of hydrogen-bond donors (Lipinski definition) is 3. The van der Waals surface area contributed by atoms with E-state index in [9.17, 15) is 19.2 Å². The average Bonchev–Trinajstić information content (AvgIpc) is 2.71. The molecular formula is C22H30BCl2N3O6. The molecule has 1 saturated heterocycles. The van der Waals surface area contributed by atoms with Crippen molar-refractivity contribution in [3.8, 4) is 0 Å². The number of halogens is 2. The van der Waals surface area contributed by atoms with Crippen molar-refractivity contribution >= 4 is 54.0 Å². The largest absolute Gasteiger partial charge is 0.551 e. The summed E-state index contributed by atoms with van der Waals surface area (Å²) in [6, 6.07) is 4.43. The van der Waals surface area contributed by atoms with Gasteiger partial charge in [-0.15, -0.1) is 0 Å². The minimum Gasteiger partial charge on any atom is -0.508 e. The van der Waals surface area contributed by atoms with Crippen LogP contribution in [0.2, 0.25) is 10.0 Å². The summed E-state index contributed by atoms with van der Waals surface area (Å²) < 4.78 is 11.1. The van der Waals surface area contributed by atoms with Gasteiger partial charge >= 0.3 is 7.12 Å². The normalized spacial score (nSPS) is 17.1. The fourth-order valence-corrected chi connectivity index (χ4v) is 3.65. The van der Waals surface area contributed by atoms with Gasteiger partial charge in [0.25, 0.3) is 11.9 Å². The Bertz CT molecular complexity index is 938. The maximum Gasteiger partial charge on any atom is 0.551 e. The summed E-state index contributed by atoms with van der Waals surface area (Å²) >= 11 is 11.9. The highest BCUT2D eigenvalue weighted by Crippen LogP contribution is 2.21. The van der Waals surface area contributed by atoms with Gasteiger partial charge in [-0.3, -0.25) is 19.2 Å². The molecule has 3 N–H and O–H groups in total. The van der Waals surface area contributed by atoms with Crippen LogP contribution in [0.25, 0.3) is 0 Å². The van der Waals surface area contributed by atoms with Crippen LogP contribution in [-0.4, -0.2) is 54.9 Å². The van der Waals surface area contributed by atoms with E-state index in [1.807, 2.05) is 34.6 Å². The molecule has 0 spiro atoms. The van der Waals surface area contributed by atoms with Gasteiger partial charge in [-0.25, -0.2) is 0 Å². The van der Waals surface area contributed by atoms with E-state index in [2.05, 4.69) is 16.0 Å². The van der Waals surface area contributed by atoms with Gasteiger partial charge in [-0.05, 0) is 51.3 Å². The molecule has 2 rings (SSSR count). The lowest BCUT2D eigenvalue weighted by molar-refractivity contribution is -0.149. The van der Waals surface area contributed by atoms with Crippen molar-refractivity contribution in [2.45, 2.75) is 65.0 Å². The Morgan fingerprint density at radius 2 is 1.88 bits per heavy atom. The Balaban J connectivity index is 2.04. The Hall–Kier alpha value is -2.30. The van der Waals surface area contributed by atoms with Crippen molar-refractivity contribution in [3.63, 3.8) is 0 Å². The number of hydrogen-bond acceptors (Lipinski definition) is 6. The second-order valence-corrected chi connectivity index (χ2v) is 10.4. The predicted octanol–water partition coefficient (Wildman–Crippen LogP) is 2.53. The SMILES string of the molecule is CC(C)C[C@H](NC(=O)CNC(=O)c1cc(Cl)ccc1Cl)B1OC(=O)CC(C(=O)NC(C)(C)C)O1. The minimum atomic E-state index is -1.15. The van der Waals surface area contributed by atoms with Gasteiger partial charge in [-0.1, -0.05) is 37.0 Å². The van der Waals surface area contributed by atoms with Gasteiger partial charge < -0.3 is 25.3 Å². The fourth-order valence-electron chi connectivity index (χ4n) is 3.28. The Labute approximate surface area is 209 Å². The van der Waals surface area contributed by atoms with E-state index >= 15 is 0 Å². The van der Waals surface area contributed by atoms with Gasteiger partial charge in [0.05, 0.1) is 29.5 Å². The van der Waals surface area contributed by atoms with Crippen molar-refractivity contribution in [3.05, 3.63) is 33.8 Å². The summed E-state index contributed by atoms with van der Waals surface area (Å²) in [4.78, 5) is 49.7. The van der Waals surface area contributed by atoms with Crippen molar-refractivity contribution in [2.24, 2.45) is 5.92 Å². The topological polar surface area (TPSA) is 123 Å². The van der Waals surface area contributed by atoms with E-state index in [1.165, 1.54) is 12.1 Å². The number of amides is 3. The van der Waals surface area contributed by atoms with E-state index in [0.29, 0.717) is 11.4 Å². The fraction of sp³-hybridized carbons (Fsp3) is 0.545. The third-order valence-electron chi connectivity index (χ3n) is 4.67. The summed E-state index contributed by atoms with van der Waals surface area (Å²) in [6.07, 6.45) is -0.857. The lowest BCUT2D eigenvalue weighted by Crippen LogP contribution is -2.58. The van der Waals surface area contributed by atoms with Crippen molar-refractivity contribution < 1.29 is 28.5 Å². The van der Waals surface area contributed by atoms with Gasteiger partial charge in [0.15, 0.2) is 0 Å². The zero-order valence-electron chi connectivity index (χ0n) is 19.9. The first-order valence-electron chi connectivity index (χ1n) is 10.9. The first kappa shape index (κ1) is 27.9. The van der Waals surface area contributed by atoms with Gasteiger partial charge in [0, 0.05) is 10.6 Å². The lowest BCUT2D eigenvalue weighted by atomic mass is 9.72. The van der Waals surface area contributed by atoms with E-state index < -0.39 is 48.4 Å². The first-order valence-corrected chi connectivity index (χ1v) is 11.7. The van der Waals surface area contributed by atoms with Crippen LogP contribution in [0.3, 0.4) is 0 Å². The van der Waals surface area contributed by atoms with Crippen LogP contribution >= 0.6 is 23.2 Å². The van der Waals surface area contributed by atoms with Crippen molar-refractivity contribution in [1.29, 1.82) is 0 Å². The number of rotatable bonds is 8. The number of carbonyl (C=O) groups is 4. The Kier molecular flexibility index (Phi) is 9.79. The van der Waals surface area contributed by atoms with Crippen LogP contribution < -0.4 is 16.0 Å². The van der Waals surface area contributed by atoms with Crippen LogP contribution in [0.4, 0.5) is 0 Å². The summed E-state index contributed by atoms with van der Waals surface area (Å²) in [6.45, 7) is 8.94. The molecule has 186 valence electrons. The second kappa shape index (κ2) is 11.9. The van der Waals surface area contributed by atoms with Crippen LogP contribution in [0.15, 0.2) is 18.2 Å². The molecule has 3 amide bonds. The molecule has 9 nitrogen and oxygen atoms in total. The molecule has 1 heterocycles. The molecule has 0 bridgehead atoms. The number of nitrogens with one attached hydrogen (secondary N) is 3. The summed E-state index contributed by atoms with van der Waals surface area (Å²) in [5.74, 6) is -2.75. The molecule has 1 aliphatic rings. The Morgan fingerprint density at radius 3 is 2.50 bits per heavy atom. The molecule has 34 heavy (non-hydrogen) atoms. The molecule has 2 atom stereocenters. The van der Waals surface area contributed by atoms with Crippen molar-refractivity contribution in [1.82, 2.24) is 16.0 Å². The maximum absolute atomic E-state index is 12.6. The van der Waals surface area contributed by atoms with Crippen LogP contribution in [-0.2, 0) is 23.7 Å². The van der Waals surface area contributed by atoms with Crippen molar-refractivity contribution in [2.75, 3.05) is 6.54 Å². The van der Waals surface area contributed by atoms with Crippen LogP contribution in [0.1, 0.15) is 57.8 Å². The quantitative estimate of drug-likeness (QED) is 0.459. The van der Waals surface area contributed by atoms with E-state index in [1.54, 1.807) is 6.07 Å². The number of carbonyl (C=O) groups excluding carboxylic acids is 4. The van der Waals surface area contributed by atoms with E-state index in [4.69, 9.17) is 32.5 Å². The summed E-state index contributed by atoms with van der Waals surface area (Å²) in [5, 5.41) is 8.52. The zero-order valence-corrected chi connectivity index (χ0v) is 21.4. The summed E-state index contributed by atoms with van der Waals surface area (Å²) in [7, 11) is -1.15. The standard InChI is InChI=1S/C22H30BCl2N3O6/c1-12(2)8-17(23-33-16(10-19(30)34-23)21(32)28-22(3,4)5)27-18(29)11-26-20(31)14-9-13(24)6-7-15(14)25/h6-7,9,12,16-17H,8,10-11H2,1-5H3,(H,26,31)(H,27,29)(H,28,32)/t16?,17-/m0/s1. The summed E-state index contributed by atoms with van der Waals surface area (Å²) in [5.41, 5.74) is -0.370. The minimum absolute atomic E-state index is 0.108. The molecule has 1 unspecified atom stereocenters. The molecule has 0 radical (unpaired) electrons.